The SMILES string of the molecule is Cc1ccc(F)cc1-c1ncc(CN)c(N)n1. The number of nitrogens with two attached hydrogens (primary N) is 2. The van der Waals surface area contributed by atoms with E-state index in [9.17, 15) is 4.39 Å². The quantitative estimate of drug-likeness (QED) is 0.825. The predicted molar refractivity (Wildman–Crippen MR) is 64.5 cm³/mol. The molecule has 4 nitrogen and oxygen atoms in total. The van der Waals surface area contributed by atoms with Crippen molar-refractivity contribution in [3.63, 3.8) is 0 Å². The lowest BCUT2D eigenvalue weighted by atomic mass is 10.1. The van der Waals surface area contributed by atoms with Crippen LogP contribution in [0.4, 0.5) is 10.2 Å². The van der Waals surface area contributed by atoms with Gasteiger partial charge in [-0.15, -0.1) is 0 Å². The van der Waals surface area contributed by atoms with Gasteiger partial charge in [0.05, 0.1) is 0 Å². The van der Waals surface area contributed by atoms with Crippen LogP contribution in [0.2, 0.25) is 0 Å². The van der Waals surface area contributed by atoms with Gasteiger partial charge in [-0.25, -0.2) is 14.4 Å². The molecule has 5 heteroatoms. The molecule has 88 valence electrons. The van der Waals surface area contributed by atoms with Crippen molar-refractivity contribution in [3.8, 4) is 11.4 Å². The molecule has 1 aromatic carbocycles. The molecule has 0 amide bonds. The first kappa shape index (κ1) is 11.5. The molecule has 2 rings (SSSR count). The van der Waals surface area contributed by atoms with Crippen LogP contribution in [0.5, 0.6) is 0 Å². The summed E-state index contributed by atoms with van der Waals surface area (Å²) in [6.45, 7) is 2.15. The first-order chi connectivity index (χ1) is 8.11. The van der Waals surface area contributed by atoms with Gasteiger partial charge in [-0.1, -0.05) is 6.07 Å². The molecule has 0 saturated carbocycles. The minimum Gasteiger partial charge on any atom is -0.383 e. The first-order valence-electron chi connectivity index (χ1n) is 5.20. The van der Waals surface area contributed by atoms with Crippen molar-refractivity contribution in [2.75, 3.05) is 5.73 Å². The Kier molecular flexibility index (Phi) is 3.01. The van der Waals surface area contributed by atoms with Gasteiger partial charge in [0.1, 0.15) is 11.6 Å². The zero-order valence-electron chi connectivity index (χ0n) is 9.44. The molecule has 1 aromatic heterocycles. The summed E-state index contributed by atoms with van der Waals surface area (Å²) in [7, 11) is 0. The standard InChI is InChI=1S/C12H13FN4/c1-7-2-3-9(13)4-10(7)12-16-6-8(5-14)11(15)17-12/h2-4,6H,5,14H2,1H3,(H2,15,16,17). The van der Waals surface area contributed by atoms with Crippen LogP contribution in [0.25, 0.3) is 11.4 Å². The lowest BCUT2D eigenvalue weighted by molar-refractivity contribution is 0.627. The van der Waals surface area contributed by atoms with Crippen molar-refractivity contribution in [2.24, 2.45) is 5.73 Å². The van der Waals surface area contributed by atoms with Gasteiger partial charge < -0.3 is 11.5 Å². The lowest BCUT2D eigenvalue weighted by Gasteiger charge is -2.07. The fraction of sp³-hybridized carbons (Fsp3) is 0.167. The molecule has 0 aliphatic rings. The molecule has 0 radical (unpaired) electrons. The van der Waals surface area contributed by atoms with E-state index in [1.165, 1.54) is 12.1 Å². The number of nitrogen functional groups attached to an aromatic ring is 1. The van der Waals surface area contributed by atoms with E-state index in [4.69, 9.17) is 11.5 Å². The normalized spacial score (nSPS) is 10.5. The van der Waals surface area contributed by atoms with E-state index < -0.39 is 0 Å². The highest BCUT2D eigenvalue weighted by atomic mass is 19.1. The van der Waals surface area contributed by atoms with E-state index in [1.807, 2.05) is 6.92 Å². The monoisotopic (exact) mass is 232 g/mol. The van der Waals surface area contributed by atoms with Gasteiger partial charge >= 0.3 is 0 Å². The van der Waals surface area contributed by atoms with Crippen molar-refractivity contribution in [3.05, 3.63) is 41.3 Å². The summed E-state index contributed by atoms with van der Waals surface area (Å²) in [5.74, 6) is 0.425. The largest absolute Gasteiger partial charge is 0.383 e. The summed E-state index contributed by atoms with van der Waals surface area (Å²) in [5, 5.41) is 0. The van der Waals surface area contributed by atoms with Crippen molar-refractivity contribution >= 4 is 5.82 Å². The summed E-state index contributed by atoms with van der Waals surface area (Å²) < 4.78 is 13.2. The van der Waals surface area contributed by atoms with Crippen LogP contribution in [-0.2, 0) is 6.54 Å². The zero-order chi connectivity index (χ0) is 12.4. The lowest BCUT2D eigenvalue weighted by Crippen LogP contribution is -2.06. The summed E-state index contributed by atoms with van der Waals surface area (Å²) in [6.07, 6.45) is 1.57. The molecule has 4 N–H and O–H groups in total. The average Bonchev–Trinajstić information content (AvgIpc) is 2.32. The molecule has 0 unspecified atom stereocenters. The molecule has 0 aliphatic heterocycles. The van der Waals surface area contributed by atoms with Crippen LogP contribution in [0.15, 0.2) is 24.4 Å². The van der Waals surface area contributed by atoms with E-state index in [2.05, 4.69) is 9.97 Å². The predicted octanol–water partition coefficient (Wildman–Crippen LogP) is 1.63. The molecular formula is C12H13FN4. The van der Waals surface area contributed by atoms with Crippen molar-refractivity contribution in [1.29, 1.82) is 0 Å². The summed E-state index contributed by atoms with van der Waals surface area (Å²) >= 11 is 0. The molecule has 2 aromatic rings. The molecule has 0 spiro atoms. The highest BCUT2D eigenvalue weighted by Gasteiger charge is 2.08. The van der Waals surface area contributed by atoms with E-state index in [-0.39, 0.29) is 12.4 Å². The number of hydrogen-bond donors (Lipinski definition) is 2. The van der Waals surface area contributed by atoms with E-state index in [0.29, 0.717) is 22.8 Å². The van der Waals surface area contributed by atoms with Crippen LogP contribution in [0.1, 0.15) is 11.1 Å². The van der Waals surface area contributed by atoms with E-state index in [0.717, 1.165) is 5.56 Å². The Bertz CT molecular complexity index is 554. The highest BCUT2D eigenvalue weighted by molar-refractivity contribution is 5.61. The molecule has 0 bridgehead atoms. The van der Waals surface area contributed by atoms with E-state index >= 15 is 0 Å². The van der Waals surface area contributed by atoms with Gasteiger partial charge in [-0.3, -0.25) is 0 Å². The van der Waals surface area contributed by atoms with Gasteiger partial charge in [0, 0.05) is 23.9 Å². The van der Waals surface area contributed by atoms with Gasteiger partial charge in [0.15, 0.2) is 5.82 Å². The summed E-state index contributed by atoms with van der Waals surface area (Å²) in [4.78, 5) is 8.28. The minimum atomic E-state index is -0.323. The van der Waals surface area contributed by atoms with Crippen molar-refractivity contribution in [1.82, 2.24) is 9.97 Å². The number of rotatable bonds is 2. The van der Waals surface area contributed by atoms with Gasteiger partial charge in [0.2, 0.25) is 0 Å². The minimum absolute atomic E-state index is 0.286. The summed E-state index contributed by atoms with van der Waals surface area (Å²) in [6, 6.07) is 4.48. The van der Waals surface area contributed by atoms with Crippen LogP contribution in [0.3, 0.4) is 0 Å². The topological polar surface area (TPSA) is 77.8 Å². The van der Waals surface area contributed by atoms with Crippen LogP contribution < -0.4 is 11.5 Å². The number of aryl methyl sites for hydroxylation is 1. The first-order valence-corrected chi connectivity index (χ1v) is 5.20. The third-order valence-corrected chi connectivity index (χ3v) is 2.56. The average molecular weight is 232 g/mol. The van der Waals surface area contributed by atoms with Crippen LogP contribution in [0, 0.1) is 12.7 Å². The Morgan fingerprint density at radius 3 is 2.76 bits per heavy atom. The maximum Gasteiger partial charge on any atom is 0.161 e. The smallest absolute Gasteiger partial charge is 0.161 e. The molecule has 17 heavy (non-hydrogen) atoms. The number of halogens is 1. The van der Waals surface area contributed by atoms with Gasteiger partial charge in [-0.05, 0) is 24.6 Å². The number of hydrogen-bond acceptors (Lipinski definition) is 4. The molecule has 0 atom stereocenters. The molecule has 0 aliphatic carbocycles. The third kappa shape index (κ3) is 2.24. The molecule has 0 saturated heterocycles. The number of benzene rings is 1. The Balaban J connectivity index is 2.53. The van der Waals surface area contributed by atoms with Gasteiger partial charge in [0.25, 0.3) is 0 Å². The van der Waals surface area contributed by atoms with Crippen LogP contribution >= 0.6 is 0 Å². The zero-order valence-corrected chi connectivity index (χ0v) is 9.44. The van der Waals surface area contributed by atoms with Crippen LogP contribution in [-0.4, -0.2) is 9.97 Å². The molecule has 0 fully saturated rings. The Morgan fingerprint density at radius 1 is 1.35 bits per heavy atom. The second-order valence-electron chi connectivity index (χ2n) is 3.77. The molecule has 1 heterocycles. The summed E-state index contributed by atoms with van der Waals surface area (Å²) in [5.41, 5.74) is 13.4. The second kappa shape index (κ2) is 4.47. The van der Waals surface area contributed by atoms with E-state index in [1.54, 1.807) is 12.3 Å². The Labute approximate surface area is 98.5 Å². The molecular weight excluding hydrogens is 219 g/mol. The third-order valence-electron chi connectivity index (χ3n) is 2.56. The number of aromatic nitrogens is 2. The van der Waals surface area contributed by atoms with Crippen molar-refractivity contribution in [2.45, 2.75) is 13.5 Å². The Hall–Kier alpha value is -2.01. The maximum atomic E-state index is 13.2. The van der Waals surface area contributed by atoms with Crippen molar-refractivity contribution < 1.29 is 4.39 Å². The fourth-order valence-corrected chi connectivity index (χ4v) is 1.54. The number of anilines is 1. The highest BCUT2D eigenvalue weighted by Crippen LogP contribution is 2.22. The van der Waals surface area contributed by atoms with Gasteiger partial charge in [-0.2, -0.15) is 0 Å². The second-order valence-corrected chi connectivity index (χ2v) is 3.77. The number of nitrogens with zero attached hydrogens (tertiary/aromatic N) is 2. The Morgan fingerprint density at radius 2 is 2.12 bits per heavy atom. The maximum absolute atomic E-state index is 13.2. The fourth-order valence-electron chi connectivity index (χ4n) is 1.54.